The molecule has 0 unspecified atom stereocenters. The third-order valence-electron chi connectivity index (χ3n) is 1.44. The maximum absolute atomic E-state index is 9.96. The van der Waals surface area contributed by atoms with Crippen LogP contribution in [-0.4, -0.2) is 11.9 Å². The fourth-order valence-electron chi connectivity index (χ4n) is 0.789. The van der Waals surface area contributed by atoms with Gasteiger partial charge in [0.1, 0.15) is 0 Å². The molecule has 104 valence electrons. The molecule has 2 aromatic rings. The predicted octanol–water partition coefficient (Wildman–Crippen LogP) is 0.218. The van der Waals surface area contributed by atoms with E-state index in [1.807, 2.05) is 0 Å². The van der Waals surface area contributed by atoms with E-state index in [1.54, 1.807) is 22.9 Å². The number of carboxylic acids is 2. The van der Waals surface area contributed by atoms with E-state index in [-0.39, 0.29) is 43.9 Å². The van der Waals surface area contributed by atoms with Gasteiger partial charge in [0, 0.05) is 9.75 Å². The van der Waals surface area contributed by atoms with Crippen LogP contribution in [0.4, 0.5) is 0 Å². The van der Waals surface area contributed by atoms with E-state index in [1.165, 1.54) is 34.8 Å². The first kappa shape index (κ1) is 19.7. The summed E-state index contributed by atoms with van der Waals surface area (Å²) < 4.78 is 0. The molecule has 0 radical (unpaired) electrons. The normalized spacial score (nSPS) is 8.00. The molecule has 2 heterocycles. The molecule has 0 aliphatic heterocycles. The van der Waals surface area contributed by atoms with Crippen LogP contribution in [0.5, 0.6) is 0 Å². The first-order valence-electron chi connectivity index (χ1n) is 4.11. The topological polar surface area (TPSA) is 80.3 Å². The minimum atomic E-state index is -1.10. The Morgan fingerprint density at radius 2 is 1.17 bits per heavy atom. The van der Waals surface area contributed by atoms with Crippen molar-refractivity contribution in [2.24, 2.45) is 0 Å². The van der Waals surface area contributed by atoms with Gasteiger partial charge in [0.2, 0.25) is 0 Å². The molecule has 0 bridgehead atoms. The van der Waals surface area contributed by atoms with Gasteiger partial charge in [0.25, 0.3) is 0 Å². The summed E-state index contributed by atoms with van der Waals surface area (Å²) in [4.78, 5) is 20.5. The van der Waals surface area contributed by atoms with Gasteiger partial charge in [-0.05, 0) is 22.9 Å². The van der Waals surface area contributed by atoms with Crippen LogP contribution in [0.25, 0.3) is 0 Å². The molecule has 0 amide bonds. The number of hydrogen-bond acceptors (Lipinski definition) is 6. The van der Waals surface area contributed by atoms with Gasteiger partial charge in [0.05, 0.1) is 11.9 Å². The molecule has 0 fully saturated rings. The molecule has 18 heavy (non-hydrogen) atoms. The van der Waals surface area contributed by atoms with E-state index >= 15 is 0 Å². The van der Waals surface area contributed by atoms with E-state index in [9.17, 15) is 19.8 Å². The van der Waals surface area contributed by atoms with Crippen molar-refractivity contribution in [3.63, 3.8) is 0 Å². The summed E-state index contributed by atoms with van der Waals surface area (Å²) in [5, 5.41) is 23.3. The van der Waals surface area contributed by atoms with Gasteiger partial charge < -0.3 is 19.8 Å². The minimum Gasteiger partial charge on any atom is -0.544 e. The van der Waals surface area contributed by atoms with Crippen LogP contribution in [0, 0.1) is 0 Å². The average Bonchev–Trinajstić information content (AvgIpc) is 2.93. The second-order valence-corrected chi connectivity index (χ2v) is 4.42. The van der Waals surface area contributed by atoms with Crippen LogP contribution in [-0.2, 0) is 34.1 Å². The van der Waals surface area contributed by atoms with Crippen molar-refractivity contribution in [1.29, 1.82) is 0 Å². The average molecular weight is 381 g/mol. The molecule has 0 saturated carbocycles. The van der Waals surface area contributed by atoms with Gasteiger partial charge in [-0.1, -0.05) is 12.1 Å². The van der Waals surface area contributed by atoms with Crippen molar-refractivity contribution in [1.82, 2.24) is 0 Å². The summed E-state index contributed by atoms with van der Waals surface area (Å²) in [6, 6.07) is 6.38. The molecule has 0 N–H and O–H groups in total. The Morgan fingerprint density at radius 3 is 1.28 bits per heavy atom. The van der Waals surface area contributed by atoms with Gasteiger partial charge in [-0.25, -0.2) is 0 Å². The standard InChI is InChI=1S/2C5H4O2S.2Cu/c2*6-5(7)4-2-1-3-8-4;;/h2*1-3H,(H,6,7);;/q;;2*+1/p-2. The fourth-order valence-corrected chi connectivity index (χ4v) is 1.90. The predicted molar refractivity (Wildman–Crippen MR) is 57.3 cm³/mol. The summed E-state index contributed by atoms with van der Waals surface area (Å²) in [7, 11) is 0. The SMILES string of the molecule is O=C([O-])c1cccs1.O=C([O-])c1cccs1.[Cu+].[Cu+]. The van der Waals surface area contributed by atoms with Gasteiger partial charge >= 0.3 is 34.1 Å². The summed E-state index contributed by atoms with van der Waals surface area (Å²) in [5.74, 6) is -2.19. The number of carbonyl (C=O) groups is 2. The van der Waals surface area contributed by atoms with Gasteiger partial charge in [-0.15, -0.1) is 22.7 Å². The largest absolute Gasteiger partial charge is 1.00 e. The Bertz CT molecular complexity index is 410. The summed E-state index contributed by atoms with van der Waals surface area (Å²) in [5.41, 5.74) is 0. The molecular formula is C10H6Cu2O4S2. The number of carboxylic acid groups (broad SMARTS) is 2. The Kier molecular flexibility index (Phi) is 11.3. The van der Waals surface area contributed by atoms with Crippen molar-refractivity contribution in [2.45, 2.75) is 0 Å². The van der Waals surface area contributed by atoms with E-state index in [2.05, 4.69) is 0 Å². The number of aromatic carboxylic acids is 2. The molecule has 0 saturated heterocycles. The van der Waals surface area contributed by atoms with Crippen LogP contribution in [0.15, 0.2) is 35.0 Å². The van der Waals surface area contributed by atoms with E-state index < -0.39 is 11.9 Å². The third-order valence-corrected chi connectivity index (χ3v) is 3.14. The molecule has 0 atom stereocenters. The Balaban J connectivity index is 0. The maximum Gasteiger partial charge on any atom is 1.00 e. The number of carbonyl (C=O) groups excluding carboxylic acids is 2. The van der Waals surface area contributed by atoms with Gasteiger partial charge in [-0.3, -0.25) is 0 Å². The molecule has 2 rings (SSSR count). The van der Waals surface area contributed by atoms with Crippen molar-refractivity contribution >= 4 is 34.6 Å². The Hall–Kier alpha value is -0.621. The molecule has 0 spiro atoms. The van der Waals surface area contributed by atoms with E-state index in [0.717, 1.165) is 0 Å². The van der Waals surface area contributed by atoms with Gasteiger partial charge in [0.15, 0.2) is 0 Å². The summed E-state index contributed by atoms with van der Waals surface area (Å²) >= 11 is 2.34. The van der Waals surface area contributed by atoms with Crippen LogP contribution in [0.3, 0.4) is 0 Å². The zero-order valence-corrected chi connectivity index (χ0v) is 12.0. The Morgan fingerprint density at radius 1 is 0.833 bits per heavy atom. The van der Waals surface area contributed by atoms with Crippen LogP contribution in [0.1, 0.15) is 19.3 Å². The molecule has 0 aliphatic carbocycles. The molecule has 2 aromatic heterocycles. The third kappa shape index (κ3) is 6.96. The molecule has 8 heteroatoms. The molecule has 4 nitrogen and oxygen atoms in total. The number of thiophene rings is 2. The Labute approximate surface area is 133 Å². The van der Waals surface area contributed by atoms with Crippen molar-refractivity contribution < 1.29 is 53.9 Å². The zero-order chi connectivity index (χ0) is 12.0. The number of rotatable bonds is 2. The maximum atomic E-state index is 9.96. The molecule has 0 aliphatic rings. The van der Waals surface area contributed by atoms with Crippen LogP contribution >= 0.6 is 22.7 Å². The van der Waals surface area contributed by atoms with Crippen molar-refractivity contribution in [2.75, 3.05) is 0 Å². The minimum absolute atomic E-state index is 0. The molecular weight excluding hydrogens is 375 g/mol. The second-order valence-electron chi connectivity index (χ2n) is 2.53. The quantitative estimate of drug-likeness (QED) is 0.697. The first-order chi connectivity index (χ1) is 7.61. The van der Waals surface area contributed by atoms with E-state index in [0.29, 0.717) is 0 Å². The molecule has 0 aromatic carbocycles. The van der Waals surface area contributed by atoms with Crippen LogP contribution in [0.2, 0.25) is 0 Å². The monoisotopic (exact) mass is 380 g/mol. The van der Waals surface area contributed by atoms with Gasteiger partial charge in [-0.2, -0.15) is 0 Å². The first-order valence-corrected chi connectivity index (χ1v) is 5.87. The number of hydrogen-bond donors (Lipinski definition) is 0. The smallest absolute Gasteiger partial charge is 0.544 e. The van der Waals surface area contributed by atoms with E-state index in [4.69, 9.17) is 0 Å². The zero-order valence-electron chi connectivity index (χ0n) is 8.52. The second kappa shape index (κ2) is 10.3. The van der Waals surface area contributed by atoms with Crippen molar-refractivity contribution in [3.05, 3.63) is 44.8 Å². The van der Waals surface area contributed by atoms with Crippen molar-refractivity contribution in [3.8, 4) is 0 Å². The summed E-state index contributed by atoms with van der Waals surface area (Å²) in [6.45, 7) is 0. The summed E-state index contributed by atoms with van der Waals surface area (Å²) in [6.07, 6.45) is 0. The van der Waals surface area contributed by atoms with Crippen LogP contribution < -0.4 is 10.2 Å². The fraction of sp³-hybridized carbons (Fsp3) is 0.